The Hall–Kier alpha value is -1.95. The first-order valence-corrected chi connectivity index (χ1v) is 10.9. The average Bonchev–Trinajstić information content (AvgIpc) is 2.99. The molecule has 1 fully saturated rings. The molecule has 0 bridgehead atoms. The molecule has 3 rings (SSSR count). The number of carbonyl (C=O) groups is 2. The molecule has 2 unspecified atom stereocenters. The van der Waals surface area contributed by atoms with Crippen LogP contribution in [0, 0.1) is 11.7 Å². The van der Waals surface area contributed by atoms with Crippen molar-refractivity contribution >= 4 is 33.6 Å². The molecule has 2 aliphatic heterocycles. The van der Waals surface area contributed by atoms with Gasteiger partial charge in [0.05, 0.1) is 30.1 Å². The van der Waals surface area contributed by atoms with Crippen LogP contribution >= 0.6 is 11.8 Å². The van der Waals surface area contributed by atoms with E-state index >= 15 is 0 Å². The minimum absolute atomic E-state index is 0.0166. The summed E-state index contributed by atoms with van der Waals surface area (Å²) >= 11 is 0.839. The maximum atomic E-state index is 13.9. The van der Waals surface area contributed by atoms with E-state index in [0.29, 0.717) is 0 Å². The monoisotopic (exact) mass is 429 g/mol. The summed E-state index contributed by atoms with van der Waals surface area (Å²) in [5.74, 6) is -3.26. The van der Waals surface area contributed by atoms with Gasteiger partial charge in [-0.05, 0) is 24.6 Å². The van der Waals surface area contributed by atoms with E-state index in [2.05, 4.69) is 5.32 Å². The number of sulfonamides is 1. The number of morpholine rings is 1. The number of hydrogen-bond donors (Lipinski definition) is 2. The SMILES string of the molecule is CC1=C(S(=O)(=O)N2CCOCC2)SC(NC(=O)c2ccccc2F)C1C(N)=O. The Morgan fingerprint density at radius 3 is 2.54 bits per heavy atom. The van der Waals surface area contributed by atoms with Gasteiger partial charge in [-0.25, -0.2) is 12.8 Å². The first-order chi connectivity index (χ1) is 13.2. The third-order valence-electron chi connectivity index (χ3n) is 4.57. The molecule has 2 heterocycles. The van der Waals surface area contributed by atoms with Crippen LogP contribution in [0.3, 0.4) is 0 Å². The number of nitrogens with two attached hydrogens (primary N) is 1. The zero-order valence-electron chi connectivity index (χ0n) is 15.1. The third kappa shape index (κ3) is 3.93. The summed E-state index contributed by atoms with van der Waals surface area (Å²) in [6, 6.07) is 5.39. The molecule has 152 valence electrons. The molecule has 2 amide bonds. The molecule has 0 radical (unpaired) electrons. The van der Waals surface area contributed by atoms with E-state index in [9.17, 15) is 22.4 Å². The van der Waals surface area contributed by atoms with Gasteiger partial charge in [0.15, 0.2) is 0 Å². The quantitative estimate of drug-likeness (QED) is 0.708. The van der Waals surface area contributed by atoms with Crippen molar-refractivity contribution in [2.75, 3.05) is 26.3 Å². The fourth-order valence-electron chi connectivity index (χ4n) is 3.13. The third-order valence-corrected chi connectivity index (χ3v) is 8.50. The average molecular weight is 429 g/mol. The number of thioether (sulfide) groups is 1. The normalized spacial score (nSPS) is 23.6. The molecule has 1 saturated heterocycles. The van der Waals surface area contributed by atoms with Crippen LogP contribution in [0.15, 0.2) is 34.1 Å². The molecule has 28 heavy (non-hydrogen) atoms. The molecule has 0 saturated carbocycles. The zero-order valence-corrected chi connectivity index (χ0v) is 16.7. The Labute approximate surface area is 166 Å². The summed E-state index contributed by atoms with van der Waals surface area (Å²) in [5.41, 5.74) is 5.53. The number of rotatable bonds is 5. The minimum Gasteiger partial charge on any atom is -0.379 e. The number of ether oxygens (including phenoxy) is 1. The highest BCUT2D eigenvalue weighted by atomic mass is 32.3. The topological polar surface area (TPSA) is 119 Å². The lowest BCUT2D eigenvalue weighted by Gasteiger charge is -2.26. The summed E-state index contributed by atoms with van der Waals surface area (Å²) in [5, 5.41) is 1.59. The van der Waals surface area contributed by atoms with Crippen LogP contribution in [0.4, 0.5) is 4.39 Å². The number of nitrogens with one attached hydrogen (secondary N) is 1. The Kier molecular flexibility index (Phi) is 6.08. The maximum Gasteiger partial charge on any atom is 0.255 e. The molecule has 3 N–H and O–H groups in total. The van der Waals surface area contributed by atoms with E-state index in [1.165, 1.54) is 29.4 Å². The van der Waals surface area contributed by atoms with Gasteiger partial charge in [-0.3, -0.25) is 9.59 Å². The van der Waals surface area contributed by atoms with Crippen molar-refractivity contribution in [3.8, 4) is 0 Å². The van der Waals surface area contributed by atoms with Gasteiger partial charge >= 0.3 is 0 Å². The van der Waals surface area contributed by atoms with E-state index in [0.717, 1.165) is 17.8 Å². The fourth-order valence-corrected chi connectivity index (χ4v) is 6.82. The molecule has 2 aliphatic rings. The number of primary amides is 1. The summed E-state index contributed by atoms with van der Waals surface area (Å²) in [7, 11) is -3.86. The second kappa shape index (κ2) is 8.19. The smallest absolute Gasteiger partial charge is 0.255 e. The molecule has 0 spiro atoms. The molecule has 8 nitrogen and oxygen atoms in total. The first-order valence-electron chi connectivity index (χ1n) is 8.53. The fraction of sp³-hybridized carbons (Fsp3) is 0.412. The van der Waals surface area contributed by atoms with Crippen molar-refractivity contribution in [1.29, 1.82) is 0 Å². The van der Waals surface area contributed by atoms with Crippen molar-refractivity contribution in [2.45, 2.75) is 12.3 Å². The van der Waals surface area contributed by atoms with Gasteiger partial charge < -0.3 is 15.8 Å². The van der Waals surface area contributed by atoms with E-state index in [-0.39, 0.29) is 41.7 Å². The molecule has 2 atom stereocenters. The van der Waals surface area contributed by atoms with Gasteiger partial charge in [0.1, 0.15) is 10.1 Å². The number of benzene rings is 1. The highest BCUT2D eigenvalue weighted by molar-refractivity contribution is 8.18. The largest absolute Gasteiger partial charge is 0.379 e. The molecular formula is C17H20FN3O5S2. The van der Waals surface area contributed by atoms with Crippen molar-refractivity contribution in [1.82, 2.24) is 9.62 Å². The Morgan fingerprint density at radius 2 is 1.93 bits per heavy atom. The van der Waals surface area contributed by atoms with Gasteiger partial charge in [-0.1, -0.05) is 23.9 Å². The van der Waals surface area contributed by atoms with Crippen molar-refractivity contribution in [3.63, 3.8) is 0 Å². The summed E-state index contributed by atoms with van der Waals surface area (Å²) in [4.78, 5) is 24.4. The number of halogens is 1. The summed E-state index contributed by atoms with van der Waals surface area (Å²) in [6.07, 6.45) is 0. The number of amides is 2. The minimum atomic E-state index is -3.86. The van der Waals surface area contributed by atoms with Crippen LogP contribution in [0.1, 0.15) is 17.3 Å². The van der Waals surface area contributed by atoms with Gasteiger partial charge in [0.25, 0.3) is 5.91 Å². The number of nitrogens with zero attached hydrogens (tertiary/aromatic N) is 1. The first kappa shape index (κ1) is 20.8. The highest BCUT2D eigenvalue weighted by Crippen LogP contribution is 2.44. The highest BCUT2D eigenvalue weighted by Gasteiger charge is 2.44. The zero-order chi connectivity index (χ0) is 20.5. The van der Waals surface area contributed by atoms with Crippen LogP contribution in [0.25, 0.3) is 0 Å². The maximum absolute atomic E-state index is 13.9. The number of carbonyl (C=O) groups excluding carboxylic acids is 2. The van der Waals surface area contributed by atoms with Crippen LogP contribution in [-0.4, -0.2) is 56.2 Å². The molecule has 0 aliphatic carbocycles. The predicted octanol–water partition coefficient (Wildman–Crippen LogP) is 0.623. The van der Waals surface area contributed by atoms with Gasteiger partial charge in [0.2, 0.25) is 15.9 Å². The summed E-state index contributed by atoms with van der Waals surface area (Å²) < 4.78 is 46.3. The Balaban J connectivity index is 1.86. The molecule has 11 heteroatoms. The van der Waals surface area contributed by atoms with Crippen molar-refractivity contribution in [2.24, 2.45) is 11.7 Å². The second-order valence-corrected chi connectivity index (χ2v) is 9.64. The predicted molar refractivity (Wildman–Crippen MR) is 102 cm³/mol. The van der Waals surface area contributed by atoms with E-state index in [4.69, 9.17) is 10.5 Å². The van der Waals surface area contributed by atoms with Gasteiger partial charge in [0, 0.05) is 13.1 Å². The van der Waals surface area contributed by atoms with E-state index < -0.39 is 38.9 Å². The van der Waals surface area contributed by atoms with Crippen LogP contribution in [0.2, 0.25) is 0 Å². The number of hydrogen-bond acceptors (Lipinski definition) is 6. The Morgan fingerprint density at radius 1 is 1.29 bits per heavy atom. The molecule has 1 aromatic rings. The lowest BCUT2D eigenvalue weighted by atomic mass is 10.0. The van der Waals surface area contributed by atoms with Crippen molar-refractivity contribution in [3.05, 3.63) is 45.5 Å². The lowest BCUT2D eigenvalue weighted by molar-refractivity contribution is -0.120. The van der Waals surface area contributed by atoms with E-state index in [1.807, 2.05) is 0 Å². The van der Waals surface area contributed by atoms with Crippen LogP contribution < -0.4 is 11.1 Å². The summed E-state index contributed by atoms with van der Waals surface area (Å²) in [6.45, 7) is 2.47. The molecule has 1 aromatic carbocycles. The Bertz CT molecular complexity index is 928. The lowest BCUT2D eigenvalue weighted by Crippen LogP contribution is -2.42. The van der Waals surface area contributed by atoms with Crippen LogP contribution in [-0.2, 0) is 19.6 Å². The van der Waals surface area contributed by atoms with Gasteiger partial charge in [-0.2, -0.15) is 4.31 Å². The second-order valence-electron chi connectivity index (χ2n) is 6.36. The molecular weight excluding hydrogens is 409 g/mol. The van der Waals surface area contributed by atoms with Crippen LogP contribution in [0.5, 0.6) is 0 Å². The molecule has 0 aromatic heterocycles. The van der Waals surface area contributed by atoms with E-state index in [1.54, 1.807) is 0 Å². The van der Waals surface area contributed by atoms with Crippen molar-refractivity contribution < 1.29 is 27.1 Å². The van der Waals surface area contributed by atoms with Gasteiger partial charge in [-0.15, -0.1) is 0 Å². The standard InChI is InChI=1S/C17H20FN3O5S2/c1-10-13(14(19)22)16(20-15(23)11-4-2-3-5-12(11)18)27-17(10)28(24,25)21-6-8-26-9-7-21/h2-5,13,16H,6-9H2,1H3,(H2,19,22)(H,20,23).